The van der Waals surface area contributed by atoms with Crippen molar-refractivity contribution >= 4 is 11.9 Å². The highest BCUT2D eigenvalue weighted by molar-refractivity contribution is 5.86. The number of carbonyl (C=O) groups excluding carboxylic acids is 2. The fourth-order valence-electron chi connectivity index (χ4n) is 7.47. The van der Waals surface area contributed by atoms with Crippen LogP contribution in [0.1, 0.15) is 66.7 Å². The van der Waals surface area contributed by atoms with Gasteiger partial charge in [-0.1, -0.05) is 34.1 Å². The molecule has 5 nitrogen and oxygen atoms in total. The fourth-order valence-corrected chi connectivity index (χ4v) is 7.47. The molecule has 0 aromatic carbocycles. The van der Waals surface area contributed by atoms with E-state index in [1.807, 2.05) is 0 Å². The van der Waals surface area contributed by atoms with Crippen molar-refractivity contribution < 1.29 is 24.2 Å². The predicted octanol–water partition coefficient (Wildman–Crippen LogP) is 3.60. The molecule has 0 amide bonds. The Kier molecular flexibility index (Phi) is 4.09. The largest absolute Gasteiger partial charge is 0.462 e. The van der Waals surface area contributed by atoms with Crippen LogP contribution in [-0.4, -0.2) is 28.9 Å². The van der Waals surface area contributed by atoms with E-state index in [0.717, 1.165) is 25.7 Å². The highest BCUT2D eigenvalue weighted by atomic mass is 16.7. The quantitative estimate of drug-likeness (QED) is 0.708. The van der Waals surface area contributed by atoms with Crippen molar-refractivity contribution in [2.75, 3.05) is 0 Å². The average molecular weight is 376 g/mol. The zero-order valence-corrected chi connectivity index (χ0v) is 17.1. The van der Waals surface area contributed by atoms with E-state index in [2.05, 4.69) is 27.7 Å². The Bertz CT molecular complexity index is 709. The number of hydrogen-bond acceptors (Lipinski definition) is 5. The first-order chi connectivity index (χ1) is 12.5. The van der Waals surface area contributed by atoms with Gasteiger partial charge in [0.15, 0.2) is 0 Å². The van der Waals surface area contributed by atoms with Crippen LogP contribution < -0.4 is 0 Å². The summed E-state index contributed by atoms with van der Waals surface area (Å²) in [5, 5.41) is 11.1. The first kappa shape index (κ1) is 19.0. The van der Waals surface area contributed by atoms with Gasteiger partial charge in [0.2, 0.25) is 5.79 Å². The van der Waals surface area contributed by atoms with Crippen LogP contribution in [0.3, 0.4) is 0 Å². The smallest absolute Gasteiger partial charge is 0.333 e. The molecule has 3 fully saturated rings. The van der Waals surface area contributed by atoms with E-state index in [9.17, 15) is 14.7 Å². The minimum absolute atomic E-state index is 0.0288. The lowest BCUT2D eigenvalue weighted by molar-refractivity contribution is -0.239. The molecule has 0 aromatic rings. The zero-order valence-electron chi connectivity index (χ0n) is 17.1. The molecule has 0 saturated heterocycles. The Hall–Kier alpha value is -1.36. The van der Waals surface area contributed by atoms with Crippen molar-refractivity contribution in [3.63, 3.8) is 0 Å². The molecule has 7 atom stereocenters. The van der Waals surface area contributed by atoms with Gasteiger partial charge in [-0.3, -0.25) is 4.79 Å². The van der Waals surface area contributed by atoms with Gasteiger partial charge in [-0.15, -0.1) is 0 Å². The van der Waals surface area contributed by atoms with E-state index < -0.39 is 11.8 Å². The molecule has 0 spiro atoms. The van der Waals surface area contributed by atoms with Gasteiger partial charge in [-0.2, -0.15) is 0 Å². The number of esters is 2. The molecule has 1 heterocycles. The van der Waals surface area contributed by atoms with Crippen LogP contribution in [0.2, 0.25) is 0 Å². The highest BCUT2D eigenvalue weighted by Crippen LogP contribution is 2.67. The van der Waals surface area contributed by atoms with Crippen LogP contribution >= 0.6 is 0 Å². The fraction of sp³-hybridized carbons (Fsp3) is 0.818. The summed E-state index contributed by atoms with van der Waals surface area (Å²) < 4.78 is 11.3. The first-order valence-electron chi connectivity index (χ1n) is 10.3. The van der Waals surface area contributed by atoms with Crippen molar-refractivity contribution in [2.45, 2.75) is 78.6 Å². The Morgan fingerprint density at radius 1 is 1.30 bits per heavy atom. The van der Waals surface area contributed by atoms with Gasteiger partial charge in [-0.05, 0) is 47.8 Å². The maximum absolute atomic E-state index is 11.9. The third-order valence-corrected chi connectivity index (χ3v) is 8.27. The molecule has 3 saturated carbocycles. The number of ether oxygens (including phenoxy) is 2. The van der Waals surface area contributed by atoms with Crippen molar-refractivity contribution in [3.05, 3.63) is 11.6 Å². The van der Waals surface area contributed by atoms with Crippen molar-refractivity contribution in [1.82, 2.24) is 0 Å². The summed E-state index contributed by atoms with van der Waals surface area (Å²) in [4.78, 5) is 23.8. The number of fused-ring (bicyclic) bond motifs is 4. The van der Waals surface area contributed by atoms with E-state index in [1.165, 1.54) is 13.0 Å². The monoisotopic (exact) mass is 376 g/mol. The molecule has 0 radical (unpaired) electrons. The minimum atomic E-state index is -1.46. The Labute approximate surface area is 161 Å². The molecular formula is C22H32O5. The standard InChI is InChI=1S/C22H32O5/c1-12-14-9-17(26-13(2)23)19-20(3,4)7-6-8-21(19,5)16(14)11-22(25)15(12)10-18(24)27-22/h10,12,14,16-17,19,25H,6-9,11H2,1-5H3/t12-,14+,16+,17+,19+,21-,22-/m1/s1. The summed E-state index contributed by atoms with van der Waals surface area (Å²) in [6.07, 6.45) is 5.90. The second-order valence-corrected chi connectivity index (χ2v) is 10.3. The third kappa shape index (κ3) is 2.68. The van der Waals surface area contributed by atoms with Gasteiger partial charge in [-0.25, -0.2) is 4.79 Å². The number of hydrogen-bond donors (Lipinski definition) is 1. The van der Waals surface area contributed by atoms with Crippen LogP contribution in [0.25, 0.3) is 0 Å². The number of aliphatic hydroxyl groups is 1. The van der Waals surface area contributed by atoms with E-state index in [4.69, 9.17) is 9.47 Å². The van der Waals surface area contributed by atoms with Gasteiger partial charge >= 0.3 is 11.9 Å². The molecular weight excluding hydrogens is 344 g/mol. The van der Waals surface area contributed by atoms with Gasteiger partial charge in [0.05, 0.1) is 0 Å². The summed E-state index contributed by atoms with van der Waals surface area (Å²) in [5.74, 6) is -1.35. The lowest BCUT2D eigenvalue weighted by atomic mass is 9.42. The van der Waals surface area contributed by atoms with Gasteiger partial charge in [0.25, 0.3) is 0 Å². The highest BCUT2D eigenvalue weighted by Gasteiger charge is 2.65. The number of rotatable bonds is 1. The van der Waals surface area contributed by atoms with Crippen LogP contribution in [-0.2, 0) is 19.1 Å². The lowest BCUT2D eigenvalue weighted by Crippen LogP contribution is -2.62. The molecule has 1 aliphatic heterocycles. The molecule has 0 unspecified atom stereocenters. The molecule has 0 bridgehead atoms. The second-order valence-electron chi connectivity index (χ2n) is 10.3. The Morgan fingerprint density at radius 2 is 2.00 bits per heavy atom. The van der Waals surface area contributed by atoms with E-state index >= 15 is 0 Å². The van der Waals surface area contributed by atoms with Crippen LogP contribution in [0, 0.1) is 34.5 Å². The maximum Gasteiger partial charge on any atom is 0.333 e. The van der Waals surface area contributed by atoms with Crippen LogP contribution in [0.5, 0.6) is 0 Å². The molecule has 3 aliphatic carbocycles. The third-order valence-electron chi connectivity index (χ3n) is 8.27. The van der Waals surface area contributed by atoms with Crippen LogP contribution in [0.15, 0.2) is 11.6 Å². The van der Waals surface area contributed by atoms with Gasteiger partial charge < -0.3 is 14.6 Å². The van der Waals surface area contributed by atoms with E-state index in [-0.39, 0.29) is 46.6 Å². The van der Waals surface area contributed by atoms with Crippen LogP contribution in [0.4, 0.5) is 0 Å². The van der Waals surface area contributed by atoms with Gasteiger partial charge in [0.1, 0.15) is 6.10 Å². The van der Waals surface area contributed by atoms with Crippen molar-refractivity contribution in [3.8, 4) is 0 Å². The predicted molar refractivity (Wildman–Crippen MR) is 99.3 cm³/mol. The SMILES string of the molecule is CC(=O)O[C@H]1C[C@H]2[C@@H](C)C3=CC(=O)O[C@]3(O)C[C@@H]2[C@@]2(C)CCCC(C)(C)[C@H]12. The molecule has 27 heavy (non-hydrogen) atoms. The molecule has 1 N–H and O–H groups in total. The van der Waals surface area contributed by atoms with Crippen molar-refractivity contribution in [1.29, 1.82) is 0 Å². The molecule has 150 valence electrons. The maximum atomic E-state index is 11.9. The summed E-state index contributed by atoms with van der Waals surface area (Å²) in [7, 11) is 0. The summed E-state index contributed by atoms with van der Waals surface area (Å²) in [6, 6.07) is 0. The van der Waals surface area contributed by atoms with Crippen molar-refractivity contribution in [2.24, 2.45) is 34.5 Å². The average Bonchev–Trinajstić information content (AvgIpc) is 2.82. The molecule has 5 heteroatoms. The summed E-state index contributed by atoms with van der Waals surface area (Å²) >= 11 is 0. The minimum Gasteiger partial charge on any atom is -0.462 e. The van der Waals surface area contributed by atoms with E-state index in [1.54, 1.807) is 0 Å². The second kappa shape index (κ2) is 5.82. The number of carbonyl (C=O) groups is 2. The normalized spacial score (nSPS) is 47.9. The molecule has 4 rings (SSSR count). The zero-order chi connectivity index (χ0) is 19.8. The summed E-state index contributed by atoms with van der Waals surface area (Å²) in [5.41, 5.74) is 0.703. The summed E-state index contributed by atoms with van der Waals surface area (Å²) in [6.45, 7) is 10.5. The molecule has 4 aliphatic rings. The Balaban J connectivity index is 1.79. The van der Waals surface area contributed by atoms with E-state index in [0.29, 0.717) is 12.0 Å². The Morgan fingerprint density at radius 3 is 2.67 bits per heavy atom. The lowest BCUT2D eigenvalue weighted by Gasteiger charge is -2.64. The molecule has 0 aromatic heterocycles. The first-order valence-corrected chi connectivity index (χ1v) is 10.3. The van der Waals surface area contributed by atoms with Gasteiger partial charge in [0, 0.05) is 30.9 Å². The topological polar surface area (TPSA) is 72.8 Å².